The molecule has 7 heteroatoms. The SMILES string of the molecule is C=CCOC(=O)N1CC(O)C2C1CCN2C(=O)OC(C)(C)C. The first-order chi connectivity index (χ1) is 10.2. The lowest BCUT2D eigenvalue weighted by atomic mass is 10.1. The normalized spacial score (nSPS) is 27.5. The van der Waals surface area contributed by atoms with Crippen molar-refractivity contribution in [2.45, 2.75) is 51.0 Å². The summed E-state index contributed by atoms with van der Waals surface area (Å²) in [5, 5.41) is 10.2. The monoisotopic (exact) mass is 312 g/mol. The lowest BCUT2D eigenvalue weighted by Crippen LogP contribution is -2.46. The van der Waals surface area contributed by atoms with E-state index in [1.54, 1.807) is 20.8 Å². The lowest BCUT2D eigenvalue weighted by Gasteiger charge is -2.29. The molecule has 0 aromatic rings. The van der Waals surface area contributed by atoms with Gasteiger partial charge in [-0.3, -0.25) is 0 Å². The zero-order valence-electron chi connectivity index (χ0n) is 13.3. The number of nitrogens with zero attached hydrogens (tertiary/aromatic N) is 2. The molecule has 1 N–H and O–H groups in total. The predicted molar refractivity (Wildman–Crippen MR) is 79.4 cm³/mol. The van der Waals surface area contributed by atoms with Crippen LogP contribution in [0.15, 0.2) is 12.7 Å². The molecule has 0 aromatic heterocycles. The molecule has 2 rings (SSSR count). The van der Waals surface area contributed by atoms with E-state index in [2.05, 4.69) is 6.58 Å². The van der Waals surface area contributed by atoms with E-state index in [1.165, 1.54) is 15.9 Å². The van der Waals surface area contributed by atoms with Crippen LogP contribution in [-0.4, -0.2) is 70.6 Å². The molecule has 2 saturated heterocycles. The van der Waals surface area contributed by atoms with E-state index in [-0.39, 0.29) is 19.2 Å². The quantitative estimate of drug-likeness (QED) is 0.779. The summed E-state index contributed by atoms with van der Waals surface area (Å²) in [5.74, 6) is 0. The van der Waals surface area contributed by atoms with Gasteiger partial charge in [-0.1, -0.05) is 12.7 Å². The maximum absolute atomic E-state index is 12.2. The number of aliphatic hydroxyl groups excluding tert-OH is 1. The van der Waals surface area contributed by atoms with E-state index in [0.29, 0.717) is 13.0 Å². The van der Waals surface area contributed by atoms with Crippen LogP contribution >= 0.6 is 0 Å². The van der Waals surface area contributed by atoms with Crippen LogP contribution in [0.5, 0.6) is 0 Å². The minimum Gasteiger partial charge on any atom is -0.445 e. The van der Waals surface area contributed by atoms with Gasteiger partial charge in [0.15, 0.2) is 0 Å². The number of carbonyl (C=O) groups is 2. The number of fused-ring (bicyclic) bond motifs is 1. The Morgan fingerprint density at radius 3 is 2.59 bits per heavy atom. The summed E-state index contributed by atoms with van der Waals surface area (Å²) >= 11 is 0. The number of hydrogen-bond acceptors (Lipinski definition) is 5. The van der Waals surface area contributed by atoms with E-state index >= 15 is 0 Å². The largest absolute Gasteiger partial charge is 0.445 e. The average Bonchev–Trinajstić information content (AvgIpc) is 2.96. The number of hydrogen-bond donors (Lipinski definition) is 1. The van der Waals surface area contributed by atoms with Crippen molar-refractivity contribution >= 4 is 12.2 Å². The number of β-amino-alcohol motifs (C(OH)–C–C–N with tert-alkyl or cyclic N) is 1. The molecule has 0 radical (unpaired) electrons. The van der Waals surface area contributed by atoms with Crippen LogP contribution in [0.1, 0.15) is 27.2 Å². The second-order valence-corrected chi connectivity index (χ2v) is 6.61. The third-order valence-corrected chi connectivity index (χ3v) is 3.79. The summed E-state index contributed by atoms with van der Waals surface area (Å²) < 4.78 is 10.4. The van der Waals surface area contributed by atoms with Crippen molar-refractivity contribution in [3.8, 4) is 0 Å². The third-order valence-electron chi connectivity index (χ3n) is 3.79. The third kappa shape index (κ3) is 3.35. The first-order valence-electron chi connectivity index (χ1n) is 7.46. The van der Waals surface area contributed by atoms with Gasteiger partial charge < -0.3 is 24.4 Å². The first kappa shape index (κ1) is 16.6. The van der Waals surface area contributed by atoms with Crippen molar-refractivity contribution in [2.75, 3.05) is 19.7 Å². The predicted octanol–water partition coefficient (Wildman–Crippen LogP) is 1.36. The average molecular weight is 312 g/mol. The number of rotatable bonds is 2. The van der Waals surface area contributed by atoms with E-state index < -0.39 is 29.9 Å². The van der Waals surface area contributed by atoms with Gasteiger partial charge in [0.25, 0.3) is 0 Å². The molecule has 2 amide bonds. The van der Waals surface area contributed by atoms with Crippen molar-refractivity contribution in [2.24, 2.45) is 0 Å². The molecule has 3 unspecified atom stereocenters. The van der Waals surface area contributed by atoms with Crippen molar-refractivity contribution in [1.29, 1.82) is 0 Å². The van der Waals surface area contributed by atoms with Crippen LogP contribution in [0.25, 0.3) is 0 Å². The standard InChI is InChI=1S/C15H24N2O5/c1-5-8-21-13(19)17-9-11(18)12-10(17)6-7-16(12)14(20)22-15(2,3)4/h5,10-12,18H,1,6-9H2,2-4H3. The molecule has 0 bridgehead atoms. The number of likely N-dealkylation sites (tertiary alicyclic amines) is 2. The molecule has 0 aromatic carbocycles. The number of carbonyl (C=O) groups excluding carboxylic acids is 2. The summed E-state index contributed by atoms with van der Waals surface area (Å²) in [6.07, 6.45) is 0.349. The van der Waals surface area contributed by atoms with Gasteiger partial charge in [-0.05, 0) is 27.2 Å². The molecule has 0 spiro atoms. The van der Waals surface area contributed by atoms with E-state index in [1.807, 2.05) is 0 Å². The fourth-order valence-corrected chi connectivity index (χ4v) is 3.00. The smallest absolute Gasteiger partial charge is 0.410 e. The van der Waals surface area contributed by atoms with Gasteiger partial charge in [0.1, 0.15) is 12.2 Å². The van der Waals surface area contributed by atoms with Crippen molar-refractivity contribution in [3.05, 3.63) is 12.7 Å². The highest BCUT2D eigenvalue weighted by atomic mass is 16.6. The summed E-state index contributed by atoms with van der Waals surface area (Å²) in [7, 11) is 0. The van der Waals surface area contributed by atoms with Gasteiger partial charge >= 0.3 is 12.2 Å². The van der Waals surface area contributed by atoms with E-state index in [0.717, 1.165) is 0 Å². The van der Waals surface area contributed by atoms with Gasteiger partial charge in [0, 0.05) is 6.54 Å². The van der Waals surface area contributed by atoms with Crippen LogP contribution in [-0.2, 0) is 9.47 Å². The molecule has 2 fully saturated rings. The Hall–Kier alpha value is -1.76. The van der Waals surface area contributed by atoms with E-state index in [9.17, 15) is 14.7 Å². The topological polar surface area (TPSA) is 79.3 Å². The Bertz CT molecular complexity index is 459. The van der Waals surface area contributed by atoms with Gasteiger partial charge in [-0.2, -0.15) is 0 Å². The highest BCUT2D eigenvalue weighted by molar-refractivity contribution is 5.72. The summed E-state index contributed by atoms with van der Waals surface area (Å²) in [6, 6.07) is -0.675. The van der Waals surface area contributed by atoms with Crippen LogP contribution in [0.3, 0.4) is 0 Å². The Kier molecular flexibility index (Phi) is 4.65. The minimum atomic E-state index is -0.795. The molecule has 22 heavy (non-hydrogen) atoms. The molecule has 0 saturated carbocycles. The maximum atomic E-state index is 12.2. The summed E-state index contributed by atoms with van der Waals surface area (Å²) in [4.78, 5) is 27.3. The first-order valence-corrected chi connectivity index (χ1v) is 7.46. The van der Waals surface area contributed by atoms with Crippen molar-refractivity contribution in [1.82, 2.24) is 9.80 Å². The molecule has 7 nitrogen and oxygen atoms in total. The van der Waals surface area contributed by atoms with E-state index in [4.69, 9.17) is 9.47 Å². The highest BCUT2D eigenvalue weighted by Gasteiger charge is 2.52. The van der Waals surface area contributed by atoms with Gasteiger partial charge in [-0.25, -0.2) is 9.59 Å². The van der Waals surface area contributed by atoms with Gasteiger partial charge in [0.2, 0.25) is 0 Å². The van der Waals surface area contributed by atoms with Crippen LogP contribution < -0.4 is 0 Å². The second-order valence-electron chi connectivity index (χ2n) is 6.61. The lowest BCUT2D eigenvalue weighted by molar-refractivity contribution is 0.0105. The Morgan fingerprint density at radius 2 is 2.00 bits per heavy atom. The fraction of sp³-hybridized carbons (Fsp3) is 0.733. The maximum Gasteiger partial charge on any atom is 0.410 e. The molecule has 3 atom stereocenters. The Balaban J connectivity index is 2.05. The zero-order chi connectivity index (χ0) is 16.5. The minimum absolute atomic E-state index is 0.124. The molecule has 2 aliphatic heterocycles. The number of aliphatic hydroxyl groups is 1. The van der Waals surface area contributed by atoms with Crippen LogP contribution in [0.4, 0.5) is 9.59 Å². The zero-order valence-corrected chi connectivity index (χ0v) is 13.3. The highest BCUT2D eigenvalue weighted by Crippen LogP contribution is 2.33. The van der Waals surface area contributed by atoms with Crippen LogP contribution in [0, 0.1) is 0 Å². The summed E-state index contributed by atoms with van der Waals surface area (Å²) in [6.45, 7) is 9.61. The Labute approximate surface area is 130 Å². The number of ether oxygens (including phenoxy) is 2. The molecule has 2 aliphatic rings. The Morgan fingerprint density at radius 1 is 1.32 bits per heavy atom. The molecular weight excluding hydrogens is 288 g/mol. The summed E-state index contributed by atoms with van der Waals surface area (Å²) in [5.41, 5.74) is -0.596. The number of amides is 2. The molecule has 124 valence electrons. The molecular formula is C15H24N2O5. The van der Waals surface area contributed by atoms with Crippen molar-refractivity contribution < 1.29 is 24.2 Å². The van der Waals surface area contributed by atoms with Gasteiger partial charge in [0.05, 0.1) is 24.7 Å². The molecule has 0 aliphatic carbocycles. The second kappa shape index (κ2) is 6.16. The molecule has 2 heterocycles. The van der Waals surface area contributed by atoms with Crippen LogP contribution in [0.2, 0.25) is 0 Å². The fourth-order valence-electron chi connectivity index (χ4n) is 3.00. The van der Waals surface area contributed by atoms with Gasteiger partial charge in [-0.15, -0.1) is 0 Å². The van der Waals surface area contributed by atoms with Crippen molar-refractivity contribution in [3.63, 3.8) is 0 Å².